The van der Waals surface area contributed by atoms with Gasteiger partial charge in [0, 0.05) is 48.9 Å². The van der Waals surface area contributed by atoms with Gasteiger partial charge in [-0.1, -0.05) is 36.4 Å². The van der Waals surface area contributed by atoms with Gasteiger partial charge in [-0.05, 0) is 29.8 Å². The lowest BCUT2D eigenvalue weighted by Gasteiger charge is -2.70. The molecule has 5 rings (SSSR count). The molecule has 2 saturated heterocycles. The number of aliphatic hydroxyl groups is 1. The average Bonchev–Trinajstić information content (AvgIpc) is 2.79. The van der Waals surface area contributed by atoms with Gasteiger partial charge in [0.15, 0.2) is 0 Å². The minimum absolute atomic E-state index is 0.00936. The molecule has 162 valence electrons. The molecular formula is C25H24N4O3. The third-order valence-corrected chi connectivity index (χ3v) is 6.61. The van der Waals surface area contributed by atoms with Gasteiger partial charge in [-0.15, -0.1) is 0 Å². The summed E-state index contributed by atoms with van der Waals surface area (Å²) in [5.74, 6) is -0.196. The van der Waals surface area contributed by atoms with E-state index in [9.17, 15) is 14.7 Å². The van der Waals surface area contributed by atoms with Crippen molar-refractivity contribution >= 4 is 11.8 Å². The quantitative estimate of drug-likeness (QED) is 0.671. The van der Waals surface area contributed by atoms with Crippen molar-refractivity contribution in [3.05, 3.63) is 96.1 Å². The third-order valence-electron chi connectivity index (χ3n) is 6.61. The number of carbonyl (C=O) groups is 2. The molecule has 2 amide bonds. The molecule has 7 nitrogen and oxygen atoms in total. The molecule has 3 aromatic rings. The third kappa shape index (κ3) is 3.26. The zero-order chi connectivity index (χ0) is 22.1. The number of amides is 2. The van der Waals surface area contributed by atoms with Crippen molar-refractivity contribution < 1.29 is 14.7 Å². The Morgan fingerprint density at radius 2 is 1.69 bits per heavy atom. The summed E-state index contributed by atoms with van der Waals surface area (Å²) in [6.45, 7) is 0.733. The molecule has 1 spiro atoms. The first kappa shape index (κ1) is 20.3. The Hall–Kier alpha value is -3.58. The number of rotatable bonds is 5. The van der Waals surface area contributed by atoms with E-state index in [0.717, 1.165) is 11.3 Å². The Bertz CT molecular complexity index is 1100. The molecule has 1 aromatic carbocycles. The highest BCUT2D eigenvalue weighted by molar-refractivity contribution is 5.96. The van der Waals surface area contributed by atoms with Crippen LogP contribution in [-0.2, 0) is 11.2 Å². The first-order valence-electron chi connectivity index (χ1n) is 10.7. The molecule has 4 heterocycles. The average molecular weight is 428 g/mol. The van der Waals surface area contributed by atoms with Crippen LogP contribution in [0.3, 0.4) is 0 Å². The van der Waals surface area contributed by atoms with Crippen LogP contribution in [0.2, 0.25) is 0 Å². The van der Waals surface area contributed by atoms with Gasteiger partial charge in [0.1, 0.15) is 0 Å². The Balaban J connectivity index is 1.42. The highest BCUT2D eigenvalue weighted by atomic mass is 16.3. The summed E-state index contributed by atoms with van der Waals surface area (Å²) < 4.78 is 0. The lowest BCUT2D eigenvalue weighted by Crippen LogP contribution is -2.86. The molecule has 7 heteroatoms. The number of benzene rings is 1. The fraction of sp³-hybridized carbons (Fsp3) is 0.280. The minimum Gasteiger partial charge on any atom is -0.394 e. The second kappa shape index (κ2) is 8.16. The molecule has 2 aliphatic rings. The van der Waals surface area contributed by atoms with Crippen LogP contribution in [0.1, 0.15) is 27.5 Å². The largest absolute Gasteiger partial charge is 0.394 e. The van der Waals surface area contributed by atoms with E-state index in [2.05, 4.69) is 9.97 Å². The van der Waals surface area contributed by atoms with Crippen LogP contribution in [-0.4, -0.2) is 68.0 Å². The summed E-state index contributed by atoms with van der Waals surface area (Å²) in [4.78, 5) is 38.1. The molecule has 2 atom stereocenters. The van der Waals surface area contributed by atoms with E-state index in [4.69, 9.17) is 0 Å². The van der Waals surface area contributed by atoms with Crippen LogP contribution in [0, 0.1) is 0 Å². The zero-order valence-electron chi connectivity index (χ0n) is 17.5. The smallest absolute Gasteiger partial charge is 0.254 e. The van der Waals surface area contributed by atoms with Gasteiger partial charge in [-0.25, -0.2) is 0 Å². The minimum atomic E-state index is -0.533. The predicted molar refractivity (Wildman–Crippen MR) is 118 cm³/mol. The number of pyridine rings is 2. The normalized spacial score (nSPS) is 21.0. The summed E-state index contributed by atoms with van der Waals surface area (Å²) in [6, 6.07) is 18.5. The van der Waals surface area contributed by atoms with Crippen molar-refractivity contribution in [2.75, 3.05) is 19.7 Å². The number of nitrogens with zero attached hydrogens (tertiary/aromatic N) is 4. The first-order chi connectivity index (χ1) is 15.6. The fourth-order valence-corrected chi connectivity index (χ4v) is 5.18. The predicted octanol–water partition coefficient (Wildman–Crippen LogP) is 1.90. The maximum atomic E-state index is 13.4. The lowest BCUT2D eigenvalue weighted by atomic mass is 9.60. The van der Waals surface area contributed by atoms with Crippen LogP contribution in [0.4, 0.5) is 0 Å². The molecule has 0 saturated carbocycles. The second-order valence-corrected chi connectivity index (χ2v) is 8.40. The van der Waals surface area contributed by atoms with Gasteiger partial charge in [0.05, 0.1) is 24.6 Å². The van der Waals surface area contributed by atoms with Crippen molar-refractivity contribution in [3.63, 3.8) is 0 Å². The van der Waals surface area contributed by atoms with Gasteiger partial charge in [0.25, 0.3) is 5.91 Å². The molecular weight excluding hydrogens is 404 g/mol. The highest BCUT2D eigenvalue weighted by Gasteiger charge is 2.68. The van der Waals surface area contributed by atoms with E-state index >= 15 is 0 Å². The SMILES string of the molecule is O=C(Cc1ccccn1)N1CC2(C1)[C@H](c1ccccc1)[C@H](CO)N2C(=O)c1ccncc1. The van der Waals surface area contributed by atoms with Crippen molar-refractivity contribution in [2.45, 2.75) is 23.9 Å². The molecule has 0 radical (unpaired) electrons. The van der Waals surface area contributed by atoms with Crippen LogP contribution in [0.15, 0.2) is 79.3 Å². The van der Waals surface area contributed by atoms with Gasteiger partial charge >= 0.3 is 0 Å². The van der Waals surface area contributed by atoms with E-state index in [0.29, 0.717) is 18.7 Å². The van der Waals surface area contributed by atoms with E-state index < -0.39 is 5.54 Å². The van der Waals surface area contributed by atoms with E-state index in [-0.39, 0.29) is 36.8 Å². The van der Waals surface area contributed by atoms with Crippen molar-refractivity contribution in [3.8, 4) is 0 Å². The fourth-order valence-electron chi connectivity index (χ4n) is 5.18. The Morgan fingerprint density at radius 3 is 2.34 bits per heavy atom. The second-order valence-electron chi connectivity index (χ2n) is 8.40. The number of likely N-dealkylation sites (tertiary alicyclic amines) is 2. The van der Waals surface area contributed by atoms with Crippen molar-refractivity contribution in [1.29, 1.82) is 0 Å². The van der Waals surface area contributed by atoms with Crippen LogP contribution in [0.25, 0.3) is 0 Å². The van der Waals surface area contributed by atoms with E-state index in [1.165, 1.54) is 0 Å². The summed E-state index contributed by atoms with van der Waals surface area (Å²) >= 11 is 0. The number of hydrogen-bond donors (Lipinski definition) is 1. The van der Waals surface area contributed by atoms with Crippen LogP contribution < -0.4 is 0 Å². The maximum absolute atomic E-state index is 13.4. The molecule has 32 heavy (non-hydrogen) atoms. The van der Waals surface area contributed by atoms with E-state index in [1.807, 2.05) is 48.5 Å². The first-order valence-corrected chi connectivity index (χ1v) is 10.7. The Morgan fingerprint density at radius 1 is 0.969 bits per heavy atom. The van der Waals surface area contributed by atoms with Gasteiger partial charge in [0.2, 0.25) is 5.91 Å². The van der Waals surface area contributed by atoms with Crippen molar-refractivity contribution in [2.24, 2.45) is 0 Å². The Labute approximate surface area is 186 Å². The van der Waals surface area contributed by atoms with Crippen LogP contribution in [0.5, 0.6) is 0 Å². The summed E-state index contributed by atoms with van der Waals surface area (Å²) in [7, 11) is 0. The summed E-state index contributed by atoms with van der Waals surface area (Å²) in [6.07, 6.45) is 5.09. The van der Waals surface area contributed by atoms with Crippen molar-refractivity contribution in [1.82, 2.24) is 19.8 Å². The number of aliphatic hydroxyl groups excluding tert-OH is 1. The molecule has 0 bridgehead atoms. The maximum Gasteiger partial charge on any atom is 0.254 e. The molecule has 0 unspecified atom stereocenters. The summed E-state index contributed by atoms with van der Waals surface area (Å²) in [5, 5.41) is 10.2. The molecule has 0 aliphatic carbocycles. The molecule has 1 N–H and O–H groups in total. The standard InChI is InChI=1S/C25H24N4O3/c30-15-21-23(18-6-2-1-3-7-18)25(29(21)24(32)19-9-12-26-13-10-19)16-28(17-25)22(31)14-20-8-4-5-11-27-20/h1-13,21,23,30H,14-17H2/t21-,23+/m0/s1. The number of hydrogen-bond acceptors (Lipinski definition) is 5. The van der Waals surface area contributed by atoms with Gasteiger partial charge in [-0.2, -0.15) is 0 Å². The lowest BCUT2D eigenvalue weighted by molar-refractivity contribution is -0.178. The molecule has 2 aromatic heterocycles. The summed E-state index contributed by atoms with van der Waals surface area (Å²) in [5.41, 5.74) is 1.80. The van der Waals surface area contributed by atoms with Gasteiger partial charge in [-0.3, -0.25) is 19.6 Å². The number of carbonyl (C=O) groups excluding carboxylic acids is 2. The van der Waals surface area contributed by atoms with E-state index in [1.54, 1.807) is 40.5 Å². The Kier molecular flexibility index (Phi) is 5.19. The topological polar surface area (TPSA) is 86.6 Å². The molecule has 2 fully saturated rings. The van der Waals surface area contributed by atoms with Gasteiger partial charge < -0.3 is 14.9 Å². The zero-order valence-corrected chi connectivity index (χ0v) is 17.5. The highest BCUT2D eigenvalue weighted by Crippen LogP contribution is 2.54. The number of aromatic nitrogens is 2. The monoisotopic (exact) mass is 428 g/mol. The van der Waals surface area contributed by atoms with Crippen LogP contribution >= 0.6 is 0 Å². The molecule has 2 aliphatic heterocycles.